The van der Waals surface area contributed by atoms with Crippen LogP contribution in [0.3, 0.4) is 0 Å². The molecule has 2 atom stereocenters. The van der Waals surface area contributed by atoms with Gasteiger partial charge in [-0.1, -0.05) is 36.4 Å². The average molecular weight is 258 g/mol. The lowest BCUT2D eigenvalue weighted by Crippen LogP contribution is -2.47. The summed E-state index contributed by atoms with van der Waals surface area (Å²) in [5.74, 6) is -1.82. The number of ketones is 1. The third kappa shape index (κ3) is 2.63. The van der Waals surface area contributed by atoms with Gasteiger partial charge in [-0.25, -0.2) is 0 Å². The van der Waals surface area contributed by atoms with Gasteiger partial charge in [-0.15, -0.1) is 0 Å². The number of benzene rings is 1. The molecule has 1 aromatic rings. The van der Waals surface area contributed by atoms with Crippen LogP contribution in [-0.4, -0.2) is 22.5 Å². The van der Waals surface area contributed by atoms with Crippen LogP contribution >= 0.6 is 0 Å². The maximum atomic E-state index is 12.1. The molecule has 0 radical (unpaired) electrons. The maximum Gasteiger partial charge on any atom is 0.321 e. The standard InChI is InChI=1S/C15H14O4/c1-11(16)15(18)10-6-5-9-13(15)14(17)19-12-7-3-2-4-8-12/h2-10,13,18H,1H3. The zero-order chi connectivity index (χ0) is 13.9. The number of para-hydroxylation sites is 1. The minimum absolute atomic E-state index is 0.376. The van der Waals surface area contributed by atoms with Crippen LogP contribution in [0.15, 0.2) is 54.6 Å². The molecule has 1 aromatic carbocycles. The molecule has 4 nitrogen and oxygen atoms in total. The van der Waals surface area contributed by atoms with Gasteiger partial charge in [0.1, 0.15) is 11.7 Å². The van der Waals surface area contributed by atoms with Crippen LogP contribution in [0.25, 0.3) is 0 Å². The highest BCUT2D eigenvalue weighted by atomic mass is 16.5. The molecule has 0 aliphatic heterocycles. The number of rotatable bonds is 3. The molecule has 1 aliphatic carbocycles. The van der Waals surface area contributed by atoms with Gasteiger partial charge in [0.15, 0.2) is 11.4 Å². The summed E-state index contributed by atoms with van der Waals surface area (Å²) in [6, 6.07) is 8.53. The van der Waals surface area contributed by atoms with E-state index in [-0.39, 0.29) is 0 Å². The summed E-state index contributed by atoms with van der Waals surface area (Å²) in [4.78, 5) is 23.6. The minimum Gasteiger partial charge on any atom is -0.426 e. The van der Waals surface area contributed by atoms with Crippen molar-refractivity contribution in [1.29, 1.82) is 0 Å². The number of ether oxygens (including phenoxy) is 1. The molecule has 0 saturated heterocycles. The van der Waals surface area contributed by atoms with Crippen molar-refractivity contribution in [2.75, 3.05) is 0 Å². The number of carbonyl (C=O) groups excluding carboxylic acids is 2. The molecular formula is C15H14O4. The Bertz CT molecular complexity index is 545. The molecule has 19 heavy (non-hydrogen) atoms. The van der Waals surface area contributed by atoms with E-state index in [1.807, 2.05) is 0 Å². The molecule has 2 unspecified atom stereocenters. The van der Waals surface area contributed by atoms with Crippen molar-refractivity contribution >= 4 is 11.8 Å². The van der Waals surface area contributed by atoms with Crippen LogP contribution in [0.1, 0.15) is 6.92 Å². The average Bonchev–Trinajstić information content (AvgIpc) is 2.40. The Labute approximate surface area is 111 Å². The van der Waals surface area contributed by atoms with Crippen LogP contribution < -0.4 is 4.74 Å². The normalized spacial score (nSPS) is 25.1. The molecule has 1 N–H and O–H groups in total. The zero-order valence-electron chi connectivity index (χ0n) is 10.4. The predicted molar refractivity (Wildman–Crippen MR) is 69.5 cm³/mol. The fraction of sp³-hybridized carbons (Fsp3) is 0.200. The molecule has 0 heterocycles. The number of hydrogen-bond donors (Lipinski definition) is 1. The van der Waals surface area contributed by atoms with Crippen molar-refractivity contribution < 1.29 is 19.4 Å². The molecule has 0 spiro atoms. The van der Waals surface area contributed by atoms with Gasteiger partial charge < -0.3 is 9.84 Å². The fourth-order valence-electron chi connectivity index (χ4n) is 1.89. The quantitative estimate of drug-likeness (QED) is 0.661. The fourth-order valence-corrected chi connectivity index (χ4v) is 1.89. The van der Waals surface area contributed by atoms with Gasteiger partial charge in [-0.2, -0.15) is 0 Å². The van der Waals surface area contributed by atoms with E-state index in [4.69, 9.17) is 4.74 Å². The lowest BCUT2D eigenvalue weighted by Gasteiger charge is -2.29. The first-order valence-corrected chi connectivity index (χ1v) is 5.90. The third-order valence-electron chi connectivity index (χ3n) is 3.02. The van der Waals surface area contributed by atoms with E-state index in [9.17, 15) is 14.7 Å². The van der Waals surface area contributed by atoms with Crippen molar-refractivity contribution in [3.63, 3.8) is 0 Å². The number of esters is 1. The number of Topliss-reactive ketones (excluding diaryl/α,β-unsaturated/α-hetero) is 1. The van der Waals surface area contributed by atoms with Crippen molar-refractivity contribution in [2.45, 2.75) is 12.5 Å². The van der Waals surface area contributed by atoms with E-state index >= 15 is 0 Å². The number of hydrogen-bond acceptors (Lipinski definition) is 4. The number of aliphatic hydroxyl groups is 1. The lowest BCUT2D eigenvalue weighted by molar-refractivity contribution is -0.150. The van der Waals surface area contributed by atoms with Gasteiger partial charge in [0.05, 0.1) is 0 Å². The zero-order valence-corrected chi connectivity index (χ0v) is 10.4. The summed E-state index contributed by atoms with van der Waals surface area (Å²) < 4.78 is 5.16. The van der Waals surface area contributed by atoms with Gasteiger partial charge in [-0.05, 0) is 25.1 Å². The second-order valence-electron chi connectivity index (χ2n) is 4.34. The van der Waals surface area contributed by atoms with Crippen LogP contribution in [0.4, 0.5) is 0 Å². The third-order valence-corrected chi connectivity index (χ3v) is 3.02. The SMILES string of the molecule is CC(=O)C1(O)C=CC=CC1C(=O)Oc1ccccc1. The Morgan fingerprint density at radius 2 is 1.89 bits per heavy atom. The lowest BCUT2D eigenvalue weighted by atomic mass is 9.81. The Morgan fingerprint density at radius 3 is 2.53 bits per heavy atom. The summed E-state index contributed by atoms with van der Waals surface area (Å²) in [5, 5.41) is 10.3. The van der Waals surface area contributed by atoms with E-state index in [0.717, 1.165) is 0 Å². The Hall–Kier alpha value is -2.20. The first-order valence-electron chi connectivity index (χ1n) is 5.90. The summed E-state index contributed by atoms with van der Waals surface area (Å²) >= 11 is 0. The number of allylic oxidation sites excluding steroid dienone is 2. The summed E-state index contributed by atoms with van der Waals surface area (Å²) in [5.41, 5.74) is -1.83. The molecule has 0 bridgehead atoms. The molecule has 0 fully saturated rings. The smallest absolute Gasteiger partial charge is 0.321 e. The van der Waals surface area contributed by atoms with E-state index in [2.05, 4.69) is 0 Å². The molecular weight excluding hydrogens is 244 g/mol. The number of carbonyl (C=O) groups is 2. The minimum atomic E-state index is -1.83. The predicted octanol–water partition coefficient (Wildman–Crippen LogP) is 1.65. The van der Waals surface area contributed by atoms with Crippen LogP contribution in [0, 0.1) is 5.92 Å². The molecule has 0 aromatic heterocycles. The van der Waals surface area contributed by atoms with E-state index in [1.165, 1.54) is 25.2 Å². The van der Waals surface area contributed by atoms with Gasteiger partial charge >= 0.3 is 5.97 Å². The topological polar surface area (TPSA) is 63.6 Å². The van der Waals surface area contributed by atoms with Gasteiger partial charge in [0.2, 0.25) is 0 Å². The first-order chi connectivity index (χ1) is 9.04. The van der Waals surface area contributed by atoms with Gasteiger partial charge in [0.25, 0.3) is 0 Å². The van der Waals surface area contributed by atoms with Gasteiger partial charge in [0, 0.05) is 0 Å². The van der Waals surface area contributed by atoms with Gasteiger partial charge in [-0.3, -0.25) is 9.59 Å². The first kappa shape index (κ1) is 13.2. The van der Waals surface area contributed by atoms with Crippen LogP contribution in [-0.2, 0) is 9.59 Å². The van der Waals surface area contributed by atoms with E-state index in [0.29, 0.717) is 5.75 Å². The Balaban J connectivity index is 2.21. The molecule has 0 amide bonds. The summed E-state index contributed by atoms with van der Waals surface area (Å²) in [6.45, 7) is 1.24. The van der Waals surface area contributed by atoms with Crippen LogP contribution in [0.2, 0.25) is 0 Å². The highest BCUT2D eigenvalue weighted by Gasteiger charge is 2.44. The maximum absolute atomic E-state index is 12.1. The van der Waals surface area contributed by atoms with Crippen molar-refractivity contribution in [1.82, 2.24) is 0 Å². The molecule has 4 heteroatoms. The Kier molecular flexibility index (Phi) is 3.62. The summed E-state index contributed by atoms with van der Waals surface area (Å²) in [6.07, 6.45) is 5.92. The highest BCUT2D eigenvalue weighted by Crippen LogP contribution is 2.27. The van der Waals surface area contributed by atoms with Crippen molar-refractivity contribution in [2.24, 2.45) is 5.92 Å². The molecule has 1 aliphatic rings. The molecule has 2 rings (SSSR count). The monoisotopic (exact) mass is 258 g/mol. The second kappa shape index (κ2) is 5.20. The largest absolute Gasteiger partial charge is 0.426 e. The van der Waals surface area contributed by atoms with Crippen molar-refractivity contribution in [3.05, 3.63) is 54.6 Å². The van der Waals surface area contributed by atoms with Crippen LogP contribution in [0.5, 0.6) is 5.75 Å². The highest BCUT2D eigenvalue weighted by molar-refractivity contribution is 5.94. The Morgan fingerprint density at radius 1 is 1.21 bits per heavy atom. The van der Waals surface area contributed by atoms with Crippen molar-refractivity contribution in [3.8, 4) is 5.75 Å². The summed E-state index contributed by atoms with van der Waals surface area (Å²) in [7, 11) is 0. The molecule has 0 saturated carbocycles. The van der Waals surface area contributed by atoms with E-state index < -0.39 is 23.3 Å². The second-order valence-corrected chi connectivity index (χ2v) is 4.34. The van der Waals surface area contributed by atoms with E-state index in [1.54, 1.807) is 36.4 Å². The molecule has 98 valence electrons.